The van der Waals surface area contributed by atoms with Crippen LogP contribution in [0.25, 0.3) is 0 Å². The van der Waals surface area contributed by atoms with Crippen molar-refractivity contribution in [3.8, 4) is 17.6 Å². The first kappa shape index (κ1) is 29.6. The zero-order valence-electron chi connectivity index (χ0n) is 20.8. The van der Waals surface area contributed by atoms with E-state index in [9.17, 15) is 26.7 Å². The van der Waals surface area contributed by atoms with Crippen molar-refractivity contribution in [2.45, 2.75) is 35.1 Å². The first-order chi connectivity index (χ1) is 18.5. The molecule has 3 rings (SSSR count). The number of benzene rings is 2. The zero-order chi connectivity index (χ0) is 28.3. The third kappa shape index (κ3) is 9.69. The third-order valence-corrected chi connectivity index (χ3v) is 7.62. The van der Waals surface area contributed by atoms with Crippen LogP contribution in [0.1, 0.15) is 24.8 Å². The SMILES string of the molecule is NS(=O)(=O)c1ccccc1C#CC(CC(=O)O)NS(=O)(=O)c1cccc(OCCCCNc2ccccn2)c1. The minimum atomic E-state index is -4.20. The number of carboxylic acids is 1. The van der Waals surface area contributed by atoms with Crippen LogP contribution in [0, 0.1) is 11.8 Å². The maximum atomic E-state index is 13.0. The summed E-state index contributed by atoms with van der Waals surface area (Å²) in [5.41, 5.74) is 0.0141. The number of aromatic nitrogens is 1. The lowest BCUT2D eigenvalue weighted by Crippen LogP contribution is -2.35. The number of primary sulfonamides is 1. The molecule has 206 valence electrons. The molecule has 1 atom stereocenters. The number of nitrogens with zero attached hydrogens (tertiary/aromatic N) is 1. The Hall–Kier alpha value is -3.96. The number of carbonyl (C=O) groups is 1. The smallest absolute Gasteiger partial charge is 0.305 e. The van der Waals surface area contributed by atoms with Crippen molar-refractivity contribution in [1.29, 1.82) is 0 Å². The lowest BCUT2D eigenvalue weighted by molar-refractivity contribution is -0.137. The van der Waals surface area contributed by atoms with E-state index in [1.165, 1.54) is 42.5 Å². The Kier molecular flexibility index (Phi) is 10.4. The van der Waals surface area contributed by atoms with E-state index < -0.39 is 38.5 Å². The van der Waals surface area contributed by atoms with Crippen LogP contribution in [-0.4, -0.2) is 52.1 Å². The molecule has 0 bridgehead atoms. The molecule has 0 aliphatic heterocycles. The quantitative estimate of drug-likeness (QED) is 0.176. The van der Waals surface area contributed by atoms with Gasteiger partial charge in [-0.2, -0.15) is 4.72 Å². The number of sulfonamides is 2. The molecule has 1 unspecified atom stereocenters. The second-order valence-electron chi connectivity index (χ2n) is 8.25. The van der Waals surface area contributed by atoms with Crippen molar-refractivity contribution in [2.24, 2.45) is 5.14 Å². The fraction of sp³-hybridized carbons (Fsp3) is 0.231. The van der Waals surface area contributed by atoms with E-state index in [-0.39, 0.29) is 15.4 Å². The number of ether oxygens (including phenoxy) is 1. The lowest BCUT2D eigenvalue weighted by Gasteiger charge is -2.13. The molecule has 0 fully saturated rings. The Labute approximate surface area is 227 Å². The average molecular weight is 573 g/mol. The van der Waals surface area contributed by atoms with Gasteiger partial charge in [-0.25, -0.2) is 27.0 Å². The van der Waals surface area contributed by atoms with Crippen molar-refractivity contribution < 1.29 is 31.5 Å². The van der Waals surface area contributed by atoms with Gasteiger partial charge in [-0.15, -0.1) is 0 Å². The number of rotatable bonds is 13. The van der Waals surface area contributed by atoms with Gasteiger partial charge in [0.2, 0.25) is 20.0 Å². The lowest BCUT2D eigenvalue weighted by atomic mass is 10.2. The fourth-order valence-corrected chi connectivity index (χ4v) is 5.24. The van der Waals surface area contributed by atoms with E-state index in [1.807, 2.05) is 18.2 Å². The molecule has 13 heteroatoms. The maximum Gasteiger partial charge on any atom is 0.305 e. The van der Waals surface area contributed by atoms with Crippen LogP contribution < -0.4 is 19.9 Å². The summed E-state index contributed by atoms with van der Waals surface area (Å²) in [5.74, 6) is 4.85. The van der Waals surface area contributed by atoms with Gasteiger partial charge in [0.15, 0.2) is 0 Å². The molecule has 39 heavy (non-hydrogen) atoms. The van der Waals surface area contributed by atoms with E-state index in [0.29, 0.717) is 25.3 Å². The second-order valence-corrected chi connectivity index (χ2v) is 11.5. The zero-order valence-corrected chi connectivity index (χ0v) is 22.4. The second kappa shape index (κ2) is 13.7. The highest BCUT2D eigenvalue weighted by molar-refractivity contribution is 7.89. The minimum Gasteiger partial charge on any atom is -0.494 e. The molecule has 11 nitrogen and oxygen atoms in total. The summed E-state index contributed by atoms with van der Waals surface area (Å²) in [4.78, 5) is 15.1. The number of nitrogens with one attached hydrogen (secondary N) is 2. The van der Waals surface area contributed by atoms with Gasteiger partial charge in [-0.3, -0.25) is 4.79 Å². The Bertz CT molecular complexity index is 1550. The van der Waals surface area contributed by atoms with Crippen LogP contribution in [0.5, 0.6) is 5.75 Å². The number of unbranched alkanes of at least 4 members (excludes halogenated alkanes) is 1. The molecular formula is C26H28N4O7S2. The molecule has 1 heterocycles. The van der Waals surface area contributed by atoms with E-state index >= 15 is 0 Å². The molecular weight excluding hydrogens is 544 g/mol. The summed E-state index contributed by atoms with van der Waals surface area (Å²) in [6.07, 6.45) is 2.56. The predicted molar refractivity (Wildman–Crippen MR) is 145 cm³/mol. The molecule has 3 aromatic rings. The monoisotopic (exact) mass is 572 g/mol. The number of nitrogens with two attached hydrogens (primary N) is 1. The van der Waals surface area contributed by atoms with E-state index in [1.54, 1.807) is 12.3 Å². The standard InChI is InChI=1S/C26H28N4O7S2/c27-38(33,34)24-11-2-1-8-20(24)13-14-21(18-26(31)32)30-39(35,36)23-10-7-9-22(19-23)37-17-6-5-16-29-25-12-3-4-15-28-25/h1-4,7-12,15,19,21,30H,5-6,16-18H2,(H,28,29)(H,31,32)(H2,27,33,34). The van der Waals surface area contributed by atoms with Crippen LogP contribution in [0.3, 0.4) is 0 Å². The van der Waals surface area contributed by atoms with Crippen LogP contribution in [0.4, 0.5) is 5.82 Å². The van der Waals surface area contributed by atoms with Crippen LogP contribution >= 0.6 is 0 Å². The number of carboxylic acid groups (broad SMARTS) is 1. The minimum absolute atomic E-state index is 0.0141. The Morgan fingerprint density at radius 2 is 1.79 bits per heavy atom. The number of anilines is 1. The van der Waals surface area contributed by atoms with Gasteiger partial charge in [0, 0.05) is 24.4 Å². The van der Waals surface area contributed by atoms with Gasteiger partial charge in [-0.1, -0.05) is 36.1 Å². The summed E-state index contributed by atoms with van der Waals surface area (Å²) < 4.78 is 57.6. The molecule has 0 saturated heterocycles. The number of pyridine rings is 1. The highest BCUT2D eigenvalue weighted by atomic mass is 32.2. The summed E-state index contributed by atoms with van der Waals surface area (Å²) in [5, 5.41) is 17.6. The van der Waals surface area contributed by atoms with Crippen molar-refractivity contribution >= 4 is 31.8 Å². The summed E-state index contributed by atoms with van der Waals surface area (Å²) in [6.45, 7) is 1.06. The van der Waals surface area contributed by atoms with Gasteiger partial charge >= 0.3 is 5.97 Å². The van der Waals surface area contributed by atoms with Crippen LogP contribution in [0.15, 0.2) is 82.7 Å². The molecule has 0 saturated carbocycles. The molecule has 5 N–H and O–H groups in total. The van der Waals surface area contributed by atoms with Crippen molar-refractivity contribution in [1.82, 2.24) is 9.71 Å². The molecule has 0 spiro atoms. The first-order valence-corrected chi connectivity index (χ1v) is 14.8. The Balaban J connectivity index is 1.64. The topological polar surface area (TPSA) is 178 Å². The number of aliphatic carboxylic acids is 1. The molecule has 0 radical (unpaired) electrons. The van der Waals surface area contributed by atoms with Crippen LogP contribution in [0.2, 0.25) is 0 Å². The highest BCUT2D eigenvalue weighted by Crippen LogP contribution is 2.19. The summed E-state index contributed by atoms with van der Waals surface area (Å²) in [7, 11) is -8.29. The Morgan fingerprint density at radius 3 is 2.51 bits per heavy atom. The van der Waals surface area contributed by atoms with E-state index in [4.69, 9.17) is 9.88 Å². The number of hydrogen-bond donors (Lipinski definition) is 4. The van der Waals surface area contributed by atoms with Gasteiger partial charge < -0.3 is 15.2 Å². The predicted octanol–water partition coefficient (Wildman–Crippen LogP) is 2.17. The molecule has 2 aromatic carbocycles. The average Bonchev–Trinajstić information content (AvgIpc) is 2.89. The first-order valence-electron chi connectivity index (χ1n) is 11.8. The van der Waals surface area contributed by atoms with Gasteiger partial charge in [0.25, 0.3) is 0 Å². The maximum absolute atomic E-state index is 13.0. The van der Waals surface area contributed by atoms with E-state index in [2.05, 4.69) is 26.9 Å². The fourth-order valence-electron chi connectivity index (χ4n) is 3.37. The third-order valence-electron chi connectivity index (χ3n) is 5.18. The van der Waals surface area contributed by atoms with Gasteiger partial charge in [0.05, 0.1) is 28.9 Å². The Morgan fingerprint density at radius 1 is 1.03 bits per heavy atom. The van der Waals surface area contributed by atoms with E-state index in [0.717, 1.165) is 12.2 Å². The largest absolute Gasteiger partial charge is 0.494 e. The van der Waals surface area contributed by atoms with Crippen molar-refractivity contribution in [3.63, 3.8) is 0 Å². The van der Waals surface area contributed by atoms with Crippen LogP contribution in [-0.2, 0) is 24.8 Å². The molecule has 0 amide bonds. The van der Waals surface area contributed by atoms with Gasteiger partial charge in [-0.05, 0) is 49.2 Å². The molecule has 1 aromatic heterocycles. The number of hydrogen-bond acceptors (Lipinski definition) is 8. The highest BCUT2D eigenvalue weighted by Gasteiger charge is 2.22. The van der Waals surface area contributed by atoms with Crippen molar-refractivity contribution in [3.05, 3.63) is 78.5 Å². The molecule has 0 aliphatic rings. The summed E-state index contributed by atoms with van der Waals surface area (Å²) >= 11 is 0. The normalized spacial score (nSPS) is 12.1. The summed E-state index contributed by atoms with van der Waals surface area (Å²) in [6, 6.07) is 15.6. The van der Waals surface area contributed by atoms with Crippen molar-refractivity contribution in [2.75, 3.05) is 18.5 Å². The molecule has 0 aliphatic carbocycles. The van der Waals surface area contributed by atoms with Gasteiger partial charge in [0.1, 0.15) is 11.6 Å².